The summed E-state index contributed by atoms with van der Waals surface area (Å²) >= 11 is 0. The summed E-state index contributed by atoms with van der Waals surface area (Å²) < 4.78 is 1.76. The number of carboxylic acid groups (broad SMARTS) is 1. The molecule has 0 saturated heterocycles. The van der Waals surface area contributed by atoms with Crippen molar-refractivity contribution in [1.82, 2.24) is 14.7 Å². The Hall–Kier alpha value is -2.11. The van der Waals surface area contributed by atoms with E-state index >= 15 is 0 Å². The van der Waals surface area contributed by atoms with Crippen LogP contribution in [0.3, 0.4) is 0 Å². The summed E-state index contributed by atoms with van der Waals surface area (Å²) in [4.78, 5) is 24.4. The predicted molar refractivity (Wildman–Crippen MR) is 63.3 cm³/mol. The Morgan fingerprint density at radius 2 is 2.22 bits per heavy atom. The molecule has 0 atom stereocenters. The maximum atomic E-state index is 12.1. The number of ketones is 1. The number of hydrogen-bond donors (Lipinski definition) is 1. The van der Waals surface area contributed by atoms with Gasteiger partial charge in [0.05, 0.1) is 30.0 Å². The Bertz CT molecular complexity index is 559. The van der Waals surface area contributed by atoms with E-state index in [4.69, 9.17) is 5.11 Å². The van der Waals surface area contributed by atoms with E-state index in [1.165, 1.54) is 4.90 Å². The van der Waals surface area contributed by atoms with Gasteiger partial charge in [0.15, 0.2) is 5.78 Å². The Morgan fingerprint density at radius 3 is 3.00 bits per heavy atom. The lowest BCUT2D eigenvalue weighted by Gasteiger charge is -2.25. The summed E-state index contributed by atoms with van der Waals surface area (Å²) in [5.74, 6) is 0.0588. The molecule has 1 aromatic heterocycles. The molecule has 1 amide bonds. The van der Waals surface area contributed by atoms with E-state index in [0.717, 1.165) is 12.1 Å². The molecule has 0 bridgehead atoms. The third kappa shape index (κ3) is 1.61. The number of rotatable bonds is 0. The molecule has 6 nitrogen and oxygen atoms in total. The van der Waals surface area contributed by atoms with Gasteiger partial charge >= 0.3 is 6.09 Å². The van der Waals surface area contributed by atoms with Crippen LogP contribution in [0.4, 0.5) is 4.79 Å². The molecular weight excluding hydrogens is 234 g/mol. The zero-order valence-electron chi connectivity index (χ0n) is 9.80. The van der Waals surface area contributed by atoms with Crippen molar-refractivity contribution in [1.29, 1.82) is 0 Å². The van der Waals surface area contributed by atoms with Gasteiger partial charge in [0, 0.05) is 13.0 Å². The molecule has 2 aliphatic rings. The molecular formula is C12H13N3O3. The van der Waals surface area contributed by atoms with E-state index in [2.05, 4.69) is 5.10 Å². The standard InChI is InChI=1S/C12H13N3O3/c16-10-4-2-1-3-8-11(10)9-7-14(12(17)18)5-6-15(9)13-8/h1,3H,2,4-7H2,(H,17,18). The molecule has 1 N–H and O–H groups in total. The molecule has 94 valence electrons. The van der Waals surface area contributed by atoms with E-state index < -0.39 is 6.09 Å². The van der Waals surface area contributed by atoms with Crippen LogP contribution >= 0.6 is 0 Å². The van der Waals surface area contributed by atoms with Crippen LogP contribution in [0.25, 0.3) is 6.08 Å². The lowest BCUT2D eigenvalue weighted by Crippen LogP contribution is -2.38. The van der Waals surface area contributed by atoms with Crippen LogP contribution in [0.15, 0.2) is 6.08 Å². The van der Waals surface area contributed by atoms with E-state index in [-0.39, 0.29) is 12.3 Å². The van der Waals surface area contributed by atoms with Crippen LogP contribution in [-0.4, -0.2) is 38.2 Å². The number of allylic oxidation sites excluding steroid dienone is 1. The van der Waals surface area contributed by atoms with Crippen LogP contribution in [0, 0.1) is 0 Å². The molecule has 0 fully saturated rings. The topological polar surface area (TPSA) is 75.4 Å². The van der Waals surface area contributed by atoms with E-state index in [1.54, 1.807) is 4.68 Å². The highest BCUT2D eigenvalue weighted by Gasteiger charge is 2.29. The highest BCUT2D eigenvalue weighted by atomic mass is 16.4. The number of carbonyl (C=O) groups excluding carboxylic acids is 1. The SMILES string of the molecule is O=C1CCC=Cc2nn3c(c21)CN(C(=O)O)CC3. The third-order valence-electron chi connectivity index (χ3n) is 3.37. The number of nitrogens with zero attached hydrogens (tertiary/aromatic N) is 3. The number of aromatic nitrogens is 2. The lowest BCUT2D eigenvalue weighted by atomic mass is 10.1. The molecule has 0 spiro atoms. The largest absolute Gasteiger partial charge is 0.465 e. The second kappa shape index (κ2) is 3.97. The third-order valence-corrected chi connectivity index (χ3v) is 3.37. The zero-order chi connectivity index (χ0) is 12.7. The van der Waals surface area contributed by atoms with Gasteiger partial charge in [-0.3, -0.25) is 9.48 Å². The highest BCUT2D eigenvalue weighted by Crippen LogP contribution is 2.25. The van der Waals surface area contributed by atoms with Crippen LogP contribution in [0.1, 0.15) is 34.6 Å². The second-order valence-electron chi connectivity index (χ2n) is 4.50. The molecule has 0 saturated carbocycles. The molecule has 2 heterocycles. The van der Waals surface area contributed by atoms with Crippen LogP contribution < -0.4 is 0 Å². The molecule has 3 rings (SSSR count). The average molecular weight is 247 g/mol. The van der Waals surface area contributed by atoms with Gasteiger partial charge in [-0.15, -0.1) is 0 Å². The van der Waals surface area contributed by atoms with Crippen LogP contribution in [0.2, 0.25) is 0 Å². The lowest BCUT2D eigenvalue weighted by molar-refractivity contribution is 0.0977. The molecule has 0 radical (unpaired) electrons. The molecule has 0 unspecified atom stereocenters. The van der Waals surface area contributed by atoms with Gasteiger partial charge in [-0.1, -0.05) is 6.08 Å². The van der Waals surface area contributed by atoms with Crippen molar-refractivity contribution in [2.45, 2.75) is 25.9 Å². The Kier molecular flexibility index (Phi) is 2.43. The van der Waals surface area contributed by atoms with Gasteiger partial charge in [0.2, 0.25) is 0 Å². The number of carbonyl (C=O) groups is 2. The highest BCUT2D eigenvalue weighted by molar-refractivity contribution is 6.01. The maximum Gasteiger partial charge on any atom is 0.407 e. The number of hydrogen-bond acceptors (Lipinski definition) is 3. The normalized spacial score (nSPS) is 18.2. The van der Waals surface area contributed by atoms with E-state index in [0.29, 0.717) is 30.8 Å². The predicted octanol–water partition coefficient (Wildman–Crippen LogP) is 1.37. The van der Waals surface area contributed by atoms with Gasteiger partial charge in [0.25, 0.3) is 0 Å². The first kappa shape index (κ1) is 11.0. The van der Waals surface area contributed by atoms with Crippen molar-refractivity contribution in [2.75, 3.05) is 6.54 Å². The minimum absolute atomic E-state index is 0.0588. The van der Waals surface area contributed by atoms with Crippen molar-refractivity contribution in [3.05, 3.63) is 23.0 Å². The summed E-state index contributed by atoms with van der Waals surface area (Å²) in [6, 6.07) is 0. The molecule has 1 aliphatic carbocycles. The van der Waals surface area contributed by atoms with Crippen molar-refractivity contribution in [3.63, 3.8) is 0 Å². The Balaban J connectivity index is 2.06. The van der Waals surface area contributed by atoms with Crippen LogP contribution in [0.5, 0.6) is 0 Å². The van der Waals surface area contributed by atoms with Gasteiger partial charge < -0.3 is 10.0 Å². The first-order valence-corrected chi connectivity index (χ1v) is 5.94. The fourth-order valence-corrected chi connectivity index (χ4v) is 2.46. The fraction of sp³-hybridized carbons (Fsp3) is 0.417. The first-order valence-electron chi connectivity index (χ1n) is 5.94. The molecule has 1 aliphatic heterocycles. The quantitative estimate of drug-likeness (QED) is 0.751. The van der Waals surface area contributed by atoms with Gasteiger partial charge in [-0.25, -0.2) is 4.79 Å². The minimum Gasteiger partial charge on any atom is -0.465 e. The monoisotopic (exact) mass is 247 g/mol. The maximum absolute atomic E-state index is 12.1. The molecule has 1 aromatic rings. The van der Waals surface area contributed by atoms with Crippen molar-refractivity contribution in [3.8, 4) is 0 Å². The number of Topliss-reactive ketones (excluding diaryl/α,β-unsaturated/α-hetero) is 1. The first-order chi connectivity index (χ1) is 8.66. The van der Waals surface area contributed by atoms with Gasteiger partial charge in [-0.2, -0.15) is 5.10 Å². The minimum atomic E-state index is -0.951. The van der Waals surface area contributed by atoms with Gasteiger partial charge in [0.1, 0.15) is 0 Å². The Morgan fingerprint density at radius 1 is 1.39 bits per heavy atom. The van der Waals surface area contributed by atoms with E-state index in [9.17, 15) is 9.59 Å². The molecule has 18 heavy (non-hydrogen) atoms. The summed E-state index contributed by atoms with van der Waals surface area (Å²) in [5, 5.41) is 13.4. The van der Waals surface area contributed by atoms with Crippen molar-refractivity contribution in [2.24, 2.45) is 0 Å². The zero-order valence-corrected chi connectivity index (χ0v) is 9.80. The van der Waals surface area contributed by atoms with E-state index in [1.807, 2.05) is 12.2 Å². The number of fused-ring (bicyclic) bond motifs is 3. The number of amides is 1. The van der Waals surface area contributed by atoms with Crippen molar-refractivity contribution >= 4 is 18.0 Å². The summed E-state index contributed by atoms with van der Waals surface area (Å²) in [7, 11) is 0. The summed E-state index contributed by atoms with van der Waals surface area (Å²) in [5.41, 5.74) is 2.02. The molecule has 0 aromatic carbocycles. The van der Waals surface area contributed by atoms with Crippen molar-refractivity contribution < 1.29 is 14.7 Å². The summed E-state index contributed by atoms with van der Waals surface area (Å²) in [6.45, 7) is 1.17. The smallest absolute Gasteiger partial charge is 0.407 e. The molecule has 6 heteroatoms. The van der Waals surface area contributed by atoms with Crippen LogP contribution in [-0.2, 0) is 13.1 Å². The average Bonchev–Trinajstić information content (AvgIpc) is 2.61. The fourth-order valence-electron chi connectivity index (χ4n) is 2.46. The summed E-state index contributed by atoms with van der Waals surface area (Å²) in [6.07, 6.45) is 4.04. The van der Waals surface area contributed by atoms with Gasteiger partial charge in [-0.05, 0) is 12.5 Å². The Labute approximate surface area is 103 Å². The second-order valence-corrected chi connectivity index (χ2v) is 4.50.